The van der Waals surface area contributed by atoms with Crippen molar-refractivity contribution in [1.29, 1.82) is 0 Å². The number of carboxylic acids is 1. The molecule has 0 atom stereocenters. The summed E-state index contributed by atoms with van der Waals surface area (Å²) in [7, 11) is 0. The third kappa shape index (κ3) is 2.18. The summed E-state index contributed by atoms with van der Waals surface area (Å²) in [6, 6.07) is 2.40. The van der Waals surface area contributed by atoms with E-state index in [1.807, 2.05) is 0 Å². The molecule has 1 rings (SSSR count). The fraction of sp³-hybridized carbons (Fsp3) is 0.364. The molecule has 0 aliphatic heterocycles. The monoisotopic (exact) mass is 232 g/mol. The van der Waals surface area contributed by atoms with Gasteiger partial charge in [-0.25, -0.2) is 4.79 Å². The van der Waals surface area contributed by atoms with E-state index in [0.717, 1.165) is 0 Å². The van der Waals surface area contributed by atoms with E-state index in [1.54, 1.807) is 0 Å². The molecule has 0 saturated heterocycles. The average molecular weight is 232 g/mol. The van der Waals surface area contributed by atoms with Gasteiger partial charge in [0.2, 0.25) is 0 Å². The van der Waals surface area contributed by atoms with Gasteiger partial charge in [-0.05, 0) is 30.5 Å². The normalized spacial score (nSPS) is 11.6. The van der Waals surface area contributed by atoms with E-state index in [9.17, 15) is 18.0 Å². The summed E-state index contributed by atoms with van der Waals surface area (Å²) in [5, 5.41) is 8.81. The minimum Gasteiger partial charge on any atom is -0.478 e. The first-order chi connectivity index (χ1) is 7.29. The van der Waals surface area contributed by atoms with Gasteiger partial charge in [0, 0.05) is 0 Å². The number of halogens is 3. The minimum absolute atomic E-state index is 0.0398. The molecule has 0 aliphatic rings. The van der Waals surface area contributed by atoms with Crippen LogP contribution >= 0.6 is 0 Å². The van der Waals surface area contributed by atoms with Crippen molar-refractivity contribution in [3.05, 3.63) is 34.4 Å². The summed E-state index contributed by atoms with van der Waals surface area (Å²) >= 11 is 0. The summed E-state index contributed by atoms with van der Waals surface area (Å²) < 4.78 is 38.2. The first kappa shape index (κ1) is 12.5. The van der Waals surface area contributed by atoms with Crippen LogP contribution in [0.1, 0.15) is 34.0 Å². The third-order valence-electron chi connectivity index (χ3n) is 2.39. The standard InChI is InChI=1S/C11H11F3O2/c1-3-7-8(10(15)16)5-4-6(2)9(7)11(12,13)14/h4-5H,3H2,1-2H3,(H,15,16). The Morgan fingerprint density at radius 3 is 2.31 bits per heavy atom. The van der Waals surface area contributed by atoms with Crippen LogP contribution < -0.4 is 0 Å². The Kier molecular flexibility index (Phi) is 3.26. The number of carbonyl (C=O) groups is 1. The number of aromatic carboxylic acids is 1. The second kappa shape index (κ2) is 4.15. The van der Waals surface area contributed by atoms with Gasteiger partial charge in [0.15, 0.2) is 0 Å². The molecular weight excluding hydrogens is 221 g/mol. The molecule has 0 amide bonds. The van der Waals surface area contributed by atoms with Crippen LogP contribution in [-0.4, -0.2) is 11.1 Å². The number of rotatable bonds is 2. The van der Waals surface area contributed by atoms with Crippen LogP contribution in [0.4, 0.5) is 13.2 Å². The lowest BCUT2D eigenvalue weighted by molar-refractivity contribution is -0.138. The van der Waals surface area contributed by atoms with Crippen LogP contribution in [0.2, 0.25) is 0 Å². The van der Waals surface area contributed by atoms with Crippen molar-refractivity contribution in [1.82, 2.24) is 0 Å². The smallest absolute Gasteiger partial charge is 0.416 e. The van der Waals surface area contributed by atoms with Crippen LogP contribution in [0.25, 0.3) is 0 Å². The number of hydrogen-bond donors (Lipinski definition) is 1. The summed E-state index contributed by atoms with van der Waals surface area (Å²) in [6.07, 6.45) is -4.47. The fourth-order valence-corrected chi connectivity index (χ4v) is 1.73. The average Bonchev–Trinajstić information content (AvgIpc) is 2.14. The van der Waals surface area contributed by atoms with Crippen molar-refractivity contribution in [3.63, 3.8) is 0 Å². The molecule has 1 aromatic rings. The molecule has 0 spiro atoms. The van der Waals surface area contributed by atoms with Crippen LogP contribution in [0.15, 0.2) is 12.1 Å². The lowest BCUT2D eigenvalue weighted by atomic mass is 9.94. The van der Waals surface area contributed by atoms with E-state index in [4.69, 9.17) is 5.11 Å². The summed E-state index contributed by atoms with van der Waals surface area (Å²) in [4.78, 5) is 10.8. The van der Waals surface area contributed by atoms with E-state index in [0.29, 0.717) is 0 Å². The van der Waals surface area contributed by atoms with Crippen molar-refractivity contribution in [2.24, 2.45) is 0 Å². The highest BCUT2D eigenvalue weighted by Gasteiger charge is 2.36. The molecule has 16 heavy (non-hydrogen) atoms. The van der Waals surface area contributed by atoms with Crippen molar-refractivity contribution in [3.8, 4) is 0 Å². The first-order valence-electron chi connectivity index (χ1n) is 4.72. The number of carboxylic acid groups (broad SMARTS) is 1. The van der Waals surface area contributed by atoms with Gasteiger partial charge in [-0.3, -0.25) is 0 Å². The molecule has 2 nitrogen and oxygen atoms in total. The highest BCUT2D eigenvalue weighted by molar-refractivity contribution is 5.90. The van der Waals surface area contributed by atoms with Crippen LogP contribution in [0.3, 0.4) is 0 Å². The van der Waals surface area contributed by atoms with Crippen molar-refractivity contribution in [2.75, 3.05) is 0 Å². The van der Waals surface area contributed by atoms with Gasteiger partial charge in [-0.1, -0.05) is 13.0 Å². The van der Waals surface area contributed by atoms with E-state index in [1.165, 1.54) is 26.0 Å². The first-order valence-corrected chi connectivity index (χ1v) is 4.72. The predicted octanol–water partition coefficient (Wildman–Crippen LogP) is 3.27. The van der Waals surface area contributed by atoms with Gasteiger partial charge in [0.25, 0.3) is 0 Å². The Morgan fingerprint density at radius 1 is 1.38 bits per heavy atom. The van der Waals surface area contributed by atoms with Crippen molar-refractivity contribution in [2.45, 2.75) is 26.4 Å². The van der Waals surface area contributed by atoms with Gasteiger partial charge in [0.1, 0.15) is 0 Å². The Balaban J connectivity index is 3.57. The Morgan fingerprint density at radius 2 is 1.94 bits per heavy atom. The number of benzene rings is 1. The molecule has 0 aliphatic carbocycles. The molecule has 0 unspecified atom stereocenters. The Labute approximate surface area is 90.7 Å². The van der Waals surface area contributed by atoms with Gasteiger partial charge in [-0.15, -0.1) is 0 Å². The second-order valence-corrected chi connectivity index (χ2v) is 3.44. The van der Waals surface area contributed by atoms with Crippen molar-refractivity contribution < 1.29 is 23.1 Å². The van der Waals surface area contributed by atoms with Gasteiger partial charge >= 0.3 is 12.1 Å². The molecule has 88 valence electrons. The SMILES string of the molecule is CCc1c(C(=O)O)ccc(C)c1C(F)(F)F. The van der Waals surface area contributed by atoms with Crippen LogP contribution in [0, 0.1) is 6.92 Å². The molecule has 1 N–H and O–H groups in total. The quantitative estimate of drug-likeness (QED) is 0.849. The molecule has 5 heteroatoms. The van der Waals surface area contributed by atoms with E-state index in [2.05, 4.69) is 0 Å². The van der Waals surface area contributed by atoms with Crippen LogP contribution in [0.5, 0.6) is 0 Å². The number of alkyl halides is 3. The fourth-order valence-electron chi connectivity index (χ4n) is 1.73. The van der Waals surface area contributed by atoms with Crippen LogP contribution in [-0.2, 0) is 12.6 Å². The molecular formula is C11H11F3O2. The summed E-state index contributed by atoms with van der Waals surface area (Å²) in [5.41, 5.74) is -1.20. The zero-order valence-electron chi connectivity index (χ0n) is 8.85. The highest BCUT2D eigenvalue weighted by Crippen LogP contribution is 2.36. The van der Waals surface area contributed by atoms with Gasteiger partial charge in [-0.2, -0.15) is 13.2 Å². The van der Waals surface area contributed by atoms with E-state index < -0.39 is 17.7 Å². The minimum atomic E-state index is -4.51. The van der Waals surface area contributed by atoms with E-state index >= 15 is 0 Å². The third-order valence-corrected chi connectivity index (χ3v) is 2.39. The molecule has 0 fully saturated rings. The largest absolute Gasteiger partial charge is 0.478 e. The summed E-state index contributed by atoms with van der Waals surface area (Å²) in [5.74, 6) is -1.33. The maximum atomic E-state index is 12.7. The maximum absolute atomic E-state index is 12.7. The predicted molar refractivity (Wildman–Crippen MR) is 52.5 cm³/mol. The number of aryl methyl sites for hydroxylation is 1. The van der Waals surface area contributed by atoms with Gasteiger partial charge < -0.3 is 5.11 Å². The molecule has 0 saturated carbocycles. The molecule has 1 aromatic carbocycles. The molecule has 0 heterocycles. The molecule has 0 radical (unpaired) electrons. The number of hydrogen-bond acceptors (Lipinski definition) is 1. The highest BCUT2D eigenvalue weighted by atomic mass is 19.4. The lowest BCUT2D eigenvalue weighted by Gasteiger charge is -2.16. The maximum Gasteiger partial charge on any atom is 0.416 e. The zero-order chi connectivity index (χ0) is 12.5. The van der Waals surface area contributed by atoms with E-state index in [-0.39, 0.29) is 23.1 Å². The Bertz CT molecular complexity index is 422. The second-order valence-electron chi connectivity index (χ2n) is 3.44. The Hall–Kier alpha value is -1.52. The summed E-state index contributed by atoms with van der Waals surface area (Å²) in [6.45, 7) is 2.84. The lowest BCUT2D eigenvalue weighted by Crippen LogP contribution is -2.15. The topological polar surface area (TPSA) is 37.3 Å². The van der Waals surface area contributed by atoms with Crippen molar-refractivity contribution >= 4 is 5.97 Å². The van der Waals surface area contributed by atoms with Gasteiger partial charge in [0.05, 0.1) is 11.1 Å². The molecule has 0 aromatic heterocycles. The zero-order valence-corrected chi connectivity index (χ0v) is 8.85. The molecule has 0 bridgehead atoms.